The summed E-state index contributed by atoms with van der Waals surface area (Å²) in [6.45, 7) is 3.97. The first-order chi connectivity index (χ1) is 11.6. The van der Waals surface area contributed by atoms with Gasteiger partial charge < -0.3 is 14.8 Å². The minimum Gasteiger partial charge on any atom is -0.372 e. The molecule has 0 unspecified atom stereocenters. The van der Waals surface area contributed by atoms with Gasteiger partial charge in [-0.3, -0.25) is 9.59 Å². The van der Waals surface area contributed by atoms with Gasteiger partial charge in [0.05, 0.1) is 0 Å². The van der Waals surface area contributed by atoms with E-state index in [4.69, 9.17) is 0 Å². The van der Waals surface area contributed by atoms with Crippen LogP contribution in [-0.4, -0.2) is 23.6 Å². The fourth-order valence-corrected chi connectivity index (χ4v) is 3.04. The first-order valence-electron chi connectivity index (χ1n) is 8.44. The van der Waals surface area contributed by atoms with Crippen molar-refractivity contribution >= 4 is 17.3 Å². The molecule has 1 fully saturated rings. The van der Waals surface area contributed by atoms with Crippen LogP contribution in [0, 0.1) is 6.92 Å². The summed E-state index contributed by atoms with van der Waals surface area (Å²) in [4.78, 5) is 26.5. The maximum Gasteiger partial charge on any atom is 0.253 e. The van der Waals surface area contributed by atoms with E-state index in [9.17, 15) is 9.59 Å². The van der Waals surface area contributed by atoms with Gasteiger partial charge in [0.1, 0.15) is 6.54 Å². The summed E-state index contributed by atoms with van der Waals surface area (Å²) in [7, 11) is 0. The fraction of sp³-hybridized carbons (Fsp3) is 0.368. The van der Waals surface area contributed by atoms with Gasteiger partial charge in [-0.1, -0.05) is 6.07 Å². The number of amides is 1. The van der Waals surface area contributed by atoms with Crippen molar-refractivity contribution < 1.29 is 4.79 Å². The minimum absolute atomic E-state index is 0.0222. The van der Waals surface area contributed by atoms with Crippen LogP contribution in [0.5, 0.6) is 0 Å². The predicted molar refractivity (Wildman–Crippen MR) is 96.6 cm³/mol. The molecule has 1 aromatic carbocycles. The van der Waals surface area contributed by atoms with Crippen LogP contribution in [0.2, 0.25) is 0 Å². The Morgan fingerprint density at radius 3 is 2.50 bits per heavy atom. The van der Waals surface area contributed by atoms with Crippen LogP contribution < -0.4 is 15.8 Å². The van der Waals surface area contributed by atoms with Crippen molar-refractivity contribution in [2.45, 2.75) is 32.7 Å². The molecule has 0 aliphatic carbocycles. The largest absolute Gasteiger partial charge is 0.372 e. The number of piperidine rings is 1. The lowest BCUT2D eigenvalue weighted by Gasteiger charge is -2.28. The summed E-state index contributed by atoms with van der Waals surface area (Å²) < 4.78 is 1.42. The lowest BCUT2D eigenvalue weighted by atomic mass is 10.1. The van der Waals surface area contributed by atoms with Crippen molar-refractivity contribution in [1.82, 2.24) is 4.57 Å². The number of hydrogen-bond donors (Lipinski definition) is 1. The molecule has 2 heterocycles. The number of benzene rings is 1. The van der Waals surface area contributed by atoms with Gasteiger partial charge >= 0.3 is 0 Å². The molecule has 3 rings (SSSR count). The first-order valence-corrected chi connectivity index (χ1v) is 8.44. The van der Waals surface area contributed by atoms with Crippen molar-refractivity contribution in [3.05, 3.63) is 58.5 Å². The van der Waals surface area contributed by atoms with Crippen LogP contribution >= 0.6 is 0 Å². The molecule has 0 atom stereocenters. The SMILES string of the molecule is Cc1cccn(CC(=O)Nc2ccc(N3CCCCC3)cc2)c1=O. The Kier molecular flexibility index (Phi) is 4.99. The Balaban J connectivity index is 1.62. The van der Waals surface area contributed by atoms with Crippen molar-refractivity contribution in [1.29, 1.82) is 0 Å². The highest BCUT2D eigenvalue weighted by atomic mass is 16.2. The number of rotatable bonds is 4. The quantitative estimate of drug-likeness (QED) is 0.940. The molecule has 0 saturated carbocycles. The van der Waals surface area contributed by atoms with Crippen LogP contribution in [0.3, 0.4) is 0 Å². The smallest absolute Gasteiger partial charge is 0.253 e. The highest BCUT2D eigenvalue weighted by Gasteiger charge is 2.11. The summed E-state index contributed by atoms with van der Waals surface area (Å²) in [6, 6.07) is 11.4. The van der Waals surface area contributed by atoms with E-state index < -0.39 is 0 Å². The summed E-state index contributed by atoms with van der Waals surface area (Å²) >= 11 is 0. The van der Waals surface area contributed by atoms with Crippen molar-refractivity contribution in [2.24, 2.45) is 0 Å². The monoisotopic (exact) mass is 325 g/mol. The third kappa shape index (κ3) is 3.85. The summed E-state index contributed by atoms with van der Waals surface area (Å²) in [5.74, 6) is -0.201. The van der Waals surface area contributed by atoms with Crippen LogP contribution in [0.15, 0.2) is 47.4 Å². The van der Waals surface area contributed by atoms with E-state index in [1.165, 1.54) is 29.5 Å². The molecule has 1 amide bonds. The Morgan fingerprint density at radius 1 is 1.08 bits per heavy atom. The molecule has 126 valence electrons. The molecule has 5 nitrogen and oxygen atoms in total. The lowest BCUT2D eigenvalue weighted by molar-refractivity contribution is -0.116. The van der Waals surface area contributed by atoms with Crippen LogP contribution in [0.1, 0.15) is 24.8 Å². The number of nitrogens with zero attached hydrogens (tertiary/aromatic N) is 2. The number of hydrogen-bond acceptors (Lipinski definition) is 3. The minimum atomic E-state index is -0.201. The second-order valence-electron chi connectivity index (χ2n) is 6.27. The van der Waals surface area contributed by atoms with E-state index in [1.54, 1.807) is 25.3 Å². The third-order valence-electron chi connectivity index (χ3n) is 4.40. The number of carbonyl (C=O) groups is 1. The molecule has 0 radical (unpaired) electrons. The number of aromatic nitrogens is 1. The van der Waals surface area contributed by atoms with Crippen molar-refractivity contribution in [3.63, 3.8) is 0 Å². The van der Waals surface area contributed by atoms with Crippen molar-refractivity contribution in [3.8, 4) is 0 Å². The third-order valence-corrected chi connectivity index (χ3v) is 4.40. The highest BCUT2D eigenvalue weighted by Crippen LogP contribution is 2.21. The number of pyridine rings is 1. The zero-order valence-corrected chi connectivity index (χ0v) is 14.0. The summed E-state index contributed by atoms with van der Waals surface area (Å²) in [6.07, 6.45) is 5.42. The zero-order chi connectivity index (χ0) is 16.9. The Labute approximate surface area is 141 Å². The molecule has 0 spiro atoms. The molecule has 1 aliphatic rings. The molecule has 0 bridgehead atoms. The topological polar surface area (TPSA) is 54.3 Å². The fourth-order valence-electron chi connectivity index (χ4n) is 3.04. The summed E-state index contributed by atoms with van der Waals surface area (Å²) in [5.41, 5.74) is 2.45. The molecule has 5 heteroatoms. The van der Waals surface area contributed by atoms with Gasteiger partial charge in [-0.25, -0.2) is 0 Å². The molecular weight excluding hydrogens is 302 g/mol. The molecule has 1 N–H and O–H groups in total. The molecule has 1 aromatic heterocycles. The lowest BCUT2D eigenvalue weighted by Crippen LogP contribution is -2.29. The second kappa shape index (κ2) is 7.34. The van der Waals surface area contributed by atoms with Gasteiger partial charge in [-0.2, -0.15) is 0 Å². The molecule has 2 aromatic rings. The van der Waals surface area contributed by atoms with Gasteiger partial charge in [0, 0.05) is 36.2 Å². The molecule has 24 heavy (non-hydrogen) atoms. The van der Waals surface area contributed by atoms with Gasteiger partial charge in [-0.05, 0) is 56.5 Å². The van der Waals surface area contributed by atoms with E-state index >= 15 is 0 Å². The molecule has 1 aliphatic heterocycles. The number of nitrogens with one attached hydrogen (secondary N) is 1. The normalized spacial score (nSPS) is 14.5. The number of aryl methyl sites for hydroxylation is 1. The Bertz CT molecular complexity index is 759. The van der Waals surface area contributed by atoms with Crippen LogP contribution in [-0.2, 0) is 11.3 Å². The average molecular weight is 325 g/mol. The van der Waals surface area contributed by atoms with Crippen LogP contribution in [0.25, 0.3) is 0 Å². The van der Waals surface area contributed by atoms with E-state index in [2.05, 4.69) is 10.2 Å². The maximum absolute atomic E-state index is 12.2. The average Bonchev–Trinajstić information content (AvgIpc) is 2.60. The van der Waals surface area contributed by atoms with Gasteiger partial charge in [-0.15, -0.1) is 0 Å². The predicted octanol–water partition coefficient (Wildman–Crippen LogP) is 2.79. The number of carbonyl (C=O) groups excluding carboxylic acids is 1. The van der Waals surface area contributed by atoms with Gasteiger partial charge in [0.15, 0.2) is 0 Å². The first kappa shape index (κ1) is 16.3. The van der Waals surface area contributed by atoms with Crippen LogP contribution in [0.4, 0.5) is 11.4 Å². The van der Waals surface area contributed by atoms with E-state index in [0.29, 0.717) is 5.56 Å². The highest BCUT2D eigenvalue weighted by molar-refractivity contribution is 5.90. The van der Waals surface area contributed by atoms with E-state index in [0.717, 1.165) is 18.8 Å². The second-order valence-corrected chi connectivity index (χ2v) is 6.27. The van der Waals surface area contributed by atoms with E-state index in [1.807, 2.05) is 24.3 Å². The van der Waals surface area contributed by atoms with E-state index in [-0.39, 0.29) is 18.0 Å². The summed E-state index contributed by atoms with van der Waals surface area (Å²) in [5, 5.41) is 2.85. The Hall–Kier alpha value is -2.56. The zero-order valence-electron chi connectivity index (χ0n) is 14.0. The standard InChI is InChI=1S/C19H23N3O2/c1-15-6-5-13-22(19(15)24)14-18(23)20-16-7-9-17(10-8-16)21-11-3-2-4-12-21/h5-10,13H,2-4,11-12,14H2,1H3,(H,20,23). The van der Waals surface area contributed by atoms with Gasteiger partial charge in [0.25, 0.3) is 5.56 Å². The number of anilines is 2. The van der Waals surface area contributed by atoms with Crippen molar-refractivity contribution in [2.75, 3.05) is 23.3 Å². The molecule has 1 saturated heterocycles. The Morgan fingerprint density at radius 2 is 1.79 bits per heavy atom. The maximum atomic E-state index is 12.2. The molecular formula is C19H23N3O2. The van der Waals surface area contributed by atoms with Gasteiger partial charge in [0.2, 0.25) is 5.91 Å².